The molecular weight excluding hydrogens is 308 g/mol. The van der Waals surface area contributed by atoms with Gasteiger partial charge < -0.3 is 14.6 Å². The summed E-state index contributed by atoms with van der Waals surface area (Å²) in [5.41, 5.74) is 4.47. The predicted octanol–water partition coefficient (Wildman–Crippen LogP) is 2.63. The lowest BCUT2D eigenvalue weighted by Crippen LogP contribution is -2.25. The number of aromatic hydroxyl groups is 1. The minimum atomic E-state index is -0.410. The monoisotopic (exact) mass is 328 g/mol. The molecule has 6 nitrogen and oxygen atoms in total. The lowest BCUT2D eigenvalue weighted by atomic mass is 10.1. The molecule has 0 saturated carbocycles. The first-order chi connectivity index (χ1) is 11.5. The van der Waals surface area contributed by atoms with E-state index in [0.29, 0.717) is 22.8 Å². The third kappa shape index (κ3) is 4.49. The number of phenols is 1. The van der Waals surface area contributed by atoms with E-state index in [9.17, 15) is 9.90 Å². The Hall–Kier alpha value is -3.02. The van der Waals surface area contributed by atoms with Crippen molar-refractivity contribution in [2.45, 2.75) is 13.8 Å². The van der Waals surface area contributed by atoms with Crippen LogP contribution in [0.5, 0.6) is 17.2 Å². The third-order valence-electron chi connectivity index (χ3n) is 3.32. The van der Waals surface area contributed by atoms with Crippen LogP contribution in [0.15, 0.2) is 47.6 Å². The van der Waals surface area contributed by atoms with Gasteiger partial charge in [0.15, 0.2) is 18.1 Å². The van der Waals surface area contributed by atoms with Crippen molar-refractivity contribution in [1.29, 1.82) is 0 Å². The van der Waals surface area contributed by atoms with Crippen molar-refractivity contribution in [2.75, 3.05) is 13.7 Å². The van der Waals surface area contributed by atoms with Gasteiger partial charge in [-0.1, -0.05) is 23.8 Å². The Kier molecular flexibility index (Phi) is 5.78. The first kappa shape index (κ1) is 17.3. The molecule has 126 valence electrons. The molecule has 0 unspecified atom stereocenters. The van der Waals surface area contributed by atoms with Gasteiger partial charge in [-0.3, -0.25) is 4.79 Å². The van der Waals surface area contributed by atoms with Crippen LogP contribution in [0.4, 0.5) is 0 Å². The second-order valence-electron chi connectivity index (χ2n) is 5.19. The average Bonchev–Trinajstić information content (AvgIpc) is 2.60. The van der Waals surface area contributed by atoms with Crippen LogP contribution in [-0.4, -0.2) is 30.4 Å². The van der Waals surface area contributed by atoms with Crippen LogP contribution >= 0.6 is 0 Å². The molecule has 0 spiro atoms. The molecule has 2 N–H and O–H groups in total. The van der Waals surface area contributed by atoms with E-state index < -0.39 is 5.91 Å². The SMILES string of the molecule is COc1ccccc1OCC(=O)N/N=C(\C)c1cc(C)ccc1O. The topological polar surface area (TPSA) is 80.2 Å². The summed E-state index contributed by atoms with van der Waals surface area (Å²) in [6.45, 7) is 3.42. The van der Waals surface area contributed by atoms with Crippen LogP contribution in [0.3, 0.4) is 0 Å². The van der Waals surface area contributed by atoms with Crippen molar-refractivity contribution in [3.8, 4) is 17.2 Å². The van der Waals surface area contributed by atoms with E-state index in [2.05, 4.69) is 10.5 Å². The van der Waals surface area contributed by atoms with Crippen molar-refractivity contribution in [1.82, 2.24) is 5.43 Å². The third-order valence-corrected chi connectivity index (χ3v) is 3.32. The zero-order valence-electron chi connectivity index (χ0n) is 13.9. The Balaban J connectivity index is 1.96. The van der Waals surface area contributed by atoms with Crippen molar-refractivity contribution in [3.63, 3.8) is 0 Å². The second-order valence-corrected chi connectivity index (χ2v) is 5.19. The number of rotatable bonds is 6. The number of hydrogen-bond acceptors (Lipinski definition) is 5. The van der Waals surface area contributed by atoms with Crippen LogP contribution < -0.4 is 14.9 Å². The number of hydrogen-bond donors (Lipinski definition) is 2. The first-order valence-corrected chi connectivity index (χ1v) is 7.40. The highest BCUT2D eigenvalue weighted by molar-refractivity contribution is 6.01. The molecule has 2 aromatic carbocycles. The van der Waals surface area contributed by atoms with Crippen molar-refractivity contribution >= 4 is 11.6 Å². The van der Waals surface area contributed by atoms with Gasteiger partial charge in [-0.2, -0.15) is 5.10 Å². The standard InChI is InChI=1S/C18H20N2O4/c1-12-8-9-15(21)14(10-12)13(2)19-20-18(22)11-24-17-7-5-4-6-16(17)23-3/h4-10,21H,11H2,1-3H3,(H,20,22)/b19-13+. The fourth-order valence-corrected chi connectivity index (χ4v) is 2.06. The number of nitrogens with one attached hydrogen (secondary N) is 1. The fraction of sp³-hybridized carbons (Fsp3) is 0.222. The van der Waals surface area contributed by atoms with Gasteiger partial charge >= 0.3 is 0 Å². The van der Waals surface area contributed by atoms with Gasteiger partial charge in [0.25, 0.3) is 5.91 Å². The number of methoxy groups -OCH3 is 1. The summed E-state index contributed by atoms with van der Waals surface area (Å²) in [6, 6.07) is 12.3. The molecule has 0 aromatic heterocycles. The number of para-hydroxylation sites is 2. The molecule has 0 aliphatic carbocycles. The van der Waals surface area contributed by atoms with Gasteiger partial charge in [0.1, 0.15) is 5.75 Å². The van der Waals surface area contributed by atoms with Crippen LogP contribution in [0, 0.1) is 6.92 Å². The Labute approximate surface area is 140 Å². The summed E-state index contributed by atoms with van der Waals surface area (Å²) in [4.78, 5) is 11.9. The van der Waals surface area contributed by atoms with Crippen molar-refractivity contribution in [2.24, 2.45) is 5.10 Å². The van der Waals surface area contributed by atoms with E-state index in [0.717, 1.165) is 5.56 Å². The molecule has 24 heavy (non-hydrogen) atoms. The molecular formula is C18H20N2O4. The summed E-state index contributed by atoms with van der Waals surface area (Å²) in [6.07, 6.45) is 0. The van der Waals surface area contributed by atoms with Crippen molar-refractivity contribution < 1.29 is 19.4 Å². The van der Waals surface area contributed by atoms with E-state index in [4.69, 9.17) is 9.47 Å². The highest BCUT2D eigenvalue weighted by Gasteiger charge is 2.08. The Morgan fingerprint density at radius 3 is 2.62 bits per heavy atom. The number of phenolic OH excluding ortho intramolecular Hbond substituents is 1. The highest BCUT2D eigenvalue weighted by atomic mass is 16.5. The van der Waals surface area contributed by atoms with Crippen LogP contribution in [-0.2, 0) is 4.79 Å². The lowest BCUT2D eigenvalue weighted by molar-refractivity contribution is -0.123. The van der Waals surface area contributed by atoms with Crippen LogP contribution in [0.2, 0.25) is 0 Å². The minimum absolute atomic E-state index is 0.112. The number of hydrazone groups is 1. The molecule has 6 heteroatoms. The number of carbonyl (C=O) groups excluding carboxylic acids is 1. The number of ether oxygens (including phenoxy) is 2. The highest BCUT2D eigenvalue weighted by Crippen LogP contribution is 2.25. The van der Waals surface area contributed by atoms with Gasteiger partial charge in [0, 0.05) is 5.56 Å². The fourth-order valence-electron chi connectivity index (χ4n) is 2.06. The van der Waals surface area contributed by atoms with Crippen LogP contribution in [0.1, 0.15) is 18.1 Å². The van der Waals surface area contributed by atoms with E-state index >= 15 is 0 Å². The maximum atomic E-state index is 11.9. The lowest BCUT2D eigenvalue weighted by Gasteiger charge is -2.09. The second kappa shape index (κ2) is 8.01. The van der Waals surface area contributed by atoms with Crippen LogP contribution in [0.25, 0.3) is 0 Å². The van der Waals surface area contributed by atoms with Gasteiger partial charge in [0.05, 0.1) is 12.8 Å². The summed E-state index contributed by atoms with van der Waals surface area (Å²) in [5, 5.41) is 13.8. The number of carbonyl (C=O) groups is 1. The Bertz CT molecular complexity index is 756. The molecule has 0 bridgehead atoms. The summed E-state index contributed by atoms with van der Waals surface area (Å²) in [7, 11) is 1.53. The van der Waals surface area contributed by atoms with E-state index in [1.807, 2.05) is 13.0 Å². The first-order valence-electron chi connectivity index (χ1n) is 7.40. The molecule has 1 amide bonds. The van der Waals surface area contributed by atoms with Gasteiger partial charge in [-0.05, 0) is 38.1 Å². The number of aryl methyl sites for hydroxylation is 1. The number of benzene rings is 2. The zero-order chi connectivity index (χ0) is 17.5. The molecule has 0 saturated heterocycles. The molecule has 2 rings (SSSR count). The zero-order valence-corrected chi connectivity index (χ0v) is 13.9. The van der Waals surface area contributed by atoms with E-state index in [1.165, 1.54) is 7.11 Å². The molecule has 0 fully saturated rings. The van der Waals surface area contributed by atoms with E-state index in [-0.39, 0.29) is 12.4 Å². The van der Waals surface area contributed by atoms with Gasteiger partial charge in [0.2, 0.25) is 0 Å². The number of amides is 1. The summed E-state index contributed by atoms with van der Waals surface area (Å²) >= 11 is 0. The van der Waals surface area contributed by atoms with Gasteiger partial charge in [-0.25, -0.2) is 5.43 Å². The minimum Gasteiger partial charge on any atom is -0.507 e. The molecule has 2 aromatic rings. The molecule has 0 heterocycles. The molecule has 0 aliphatic rings. The summed E-state index contributed by atoms with van der Waals surface area (Å²) < 4.78 is 10.6. The Morgan fingerprint density at radius 1 is 1.21 bits per heavy atom. The average molecular weight is 328 g/mol. The Morgan fingerprint density at radius 2 is 1.92 bits per heavy atom. The number of nitrogens with zero attached hydrogens (tertiary/aromatic N) is 1. The predicted molar refractivity (Wildman–Crippen MR) is 91.7 cm³/mol. The quantitative estimate of drug-likeness (QED) is 0.631. The largest absolute Gasteiger partial charge is 0.507 e. The van der Waals surface area contributed by atoms with Crippen molar-refractivity contribution in [3.05, 3.63) is 53.6 Å². The molecule has 0 aliphatic heterocycles. The maximum absolute atomic E-state index is 11.9. The normalized spacial score (nSPS) is 11.0. The smallest absolute Gasteiger partial charge is 0.277 e. The van der Waals surface area contributed by atoms with E-state index in [1.54, 1.807) is 43.3 Å². The molecule has 0 atom stereocenters. The van der Waals surface area contributed by atoms with Gasteiger partial charge in [-0.15, -0.1) is 0 Å². The maximum Gasteiger partial charge on any atom is 0.277 e. The molecule has 0 radical (unpaired) electrons. The summed E-state index contributed by atoms with van der Waals surface area (Å²) in [5.74, 6) is 0.732.